The summed E-state index contributed by atoms with van der Waals surface area (Å²) in [5.74, 6) is 0.846. The molecule has 2 rings (SSSR count). The quantitative estimate of drug-likeness (QED) is 0.706. The van der Waals surface area contributed by atoms with Crippen LogP contribution in [0.3, 0.4) is 0 Å². The van der Waals surface area contributed by atoms with Gasteiger partial charge in [-0.05, 0) is 59.3 Å². The molecule has 0 heterocycles. The average Bonchev–Trinajstić information content (AvgIpc) is 2.69. The van der Waals surface area contributed by atoms with Gasteiger partial charge in [-0.25, -0.2) is 0 Å². The first kappa shape index (κ1) is 15.3. The van der Waals surface area contributed by atoms with E-state index in [1.54, 1.807) is 0 Å². The molecule has 0 aliphatic heterocycles. The van der Waals surface area contributed by atoms with E-state index in [0.29, 0.717) is 6.04 Å². The highest BCUT2D eigenvalue weighted by Gasteiger charge is 2.18. The maximum absolute atomic E-state index is 6.02. The Labute approximate surface area is 130 Å². The fourth-order valence-corrected chi connectivity index (χ4v) is 3.45. The van der Waals surface area contributed by atoms with Gasteiger partial charge in [-0.1, -0.05) is 43.4 Å². The predicted octanol–water partition coefficient (Wildman–Crippen LogP) is 5.55. The average molecular weight is 345 g/mol. The molecule has 19 heavy (non-hydrogen) atoms. The zero-order valence-corrected chi connectivity index (χ0v) is 13.9. The third-order valence-corrected chi connectivity index (χ3v) is 5.43. The van der Waals surface area contributed by atoms with E-state index >= 15 is 0 Å². The second-order valence-electron chi connectivity index (χ2n) is 5.67. The first-order valence-electron chi connectivity index (χ1n) is 7.34. The number of rotatable bonds is 4. The first-order valence-corrected chi connectivity index (χ1v) is 8.51. The highest BCUT2D eigenvalue weighted by atomic mass is 79.9. The van der Waals surface area contributed by atoms with E-state index in [1.807, 2.05) is 6.07 Å². The minimum atomic E-state index is 0.604. The summed E-state index contributed by atoms with van der Waals surface area (Å²) in [6.07, 6.45) is 8.43. The number of nitrogens with one attached hydrogen (secondary N) is 1. The lowest BCUT2D eigenvalue weighted by atomic mass is 9.93. The largest absolute Gasteiger partial charge is 0.310 e. The summed E-state index contributed by atoms with van der Waals surface area (Å²) >= 11 is 9.50. The van der Waals surface area contributed by atoms with Crippen LogP contribution in [0.5, 0.6) is 0 Å². The van der Waals surface area contributed by atoms with Crippen molar-refractivity contribution in [3.05, 3.63) is 33.3 Å². The van der Waals surface area contributed by atoms with Gasteiger partial charge in [0.2, 0.25) is 0 Å². The molecule has 0 saturated heterocycles. The molecule has 1 nitrogen and oxygen atoms in total. The Kier molecular flexibility index (Phi) is 6.18. The molecule has 0 bridgehead atoms. The van der Waals surface area contributed by atoms with Crippen molar-refractivity contribution in [2.24, 2.45) is 5.92 Å². The van der Waals surface area contributed by atoms with E-state index in [9.17, 15) is 0 Å². The lowest BCUT2D eigenvalue weighted by Gasteiger charge is -2.23. The van der Waals surface area contributed by atoms with Crippen LogP contribution in [-0.2, 0) is 6.54 Å². The second kappa shape index (κ2) is 7.66. The Morgan fingerprint density at radius 2 is 1.95 bits per heavy atom. The van der Waals surface area contributed by atoms with Crippen LogP contribution in [0.1, 0.15) is 51.0 Å². The Bertz CT molecular complexity index is 400. The Morgan fingerprint density at radius 3 is 2.58 bits per heavy atom. The predicted molar refractivity (Wildman–Crippen MR) is 86.6 cm³/mol. The third-order valence-electron chi connectivity index (χ3n) is 4.22. The molecule has 1 aromatic carbocycles. The van der Waals surface area contributed by atoms with Gasteiger partial charge in [0.1, 0.15) is 0 Å². The molecule has 1 N–H and O–H groups in total. The fraction of sp³-hybridized carbons (Fsp3) is 0.625. The van der Waals surface area contributed by atoms with Gasteiger partial charge >= 0.3 is 0 Å². The lowest BCUT2D eigenvalue weighted by Crippen LogP contribution is -2.32. The molecule has 0 spiro atoms. The van der Waals surface area contributed by atoms with Gasteiger partial charge in [0, 0.05) is 17.1 Å². The van der Waals surface area contributed by atoms with Gasteiger partial charge in [-0.15, -0.1) is 0 Å². The first-order chi connectivity index (χ1) is 9.16. The molecular weight excluding hydrogens is 322 g/mol. The van der Waals surface area contributed by atoms with Gasteiger partial charge in [0.25, 0.3) is 0 Å². The molecule has 0 radical (unpaired) electrons. The van der Waals surface area contributed by atoms with Gasteiger partial charge in [-0.3, -0.25) is 0 Å². The van der Waals surface area contributed by atoms with Crippen LogP contribution in [0.25, 0.3) is 0 Å². The van der Waals surface area contributed by atoms with Crippen LogP contribution in [0.2, 0.25) is 5.02 Å². The molecule has 0 aromatic heterocycles. The van der Waals surface area contributed by atoms with E-state index in [1.165, 1.54) is 44.1 Å². The van der Waals surface area contributed by atoms with E-state index in [-0.39, 0.29) is 0 Å². The topological polar surface area (TPSA) is 12.0 Å². The van der Waals surface area contributed by atoms with Crippen molar-refractivity contribution < 1.29 is 0 Å². The van der Waals surface area contributed by atoms with Crippen LogP contribution in [-0.4, -0.2) is 6.04 Å². The summed E-state index contributed by atoms with van der Waals surface area (Å²) in [6, 6.07) is 6.76. The van der Waals surface area contributed by atoms with E-state index < -0.39 is 0 Å². The summed E-state index contributed by atoms with van der Waals surface area (Å²) in [6.45, 7) is 3.26. The van der Waals surface area contributed by atoms with Crippen molar-refractivity contribution in [1.82, 2.24) is 5.32 Å². The lowest BCUT2D eigenvalue weighted by molar-refractivity contribution is 0.336. The second-order valence-corrected chi connectivity index (χ2v) is 6.93. The molecule has 1 aliphatic carbocycles. The van der Waals surface area contributed by atoms with Gasteiger partial charge in [-0.2, -0.15) is 0 Å². The van der Waals surface area contributed by atoms with Crippen molar-refractivity contribution in [3.8, 4) is 0 Å². The normalized spacial score (nSPS) is 19.1. The van der Waals surface area contributed by atoms with Crippen LogP contribution >= 0.6 is 27.5 Å². The third kappa shape index (κ3) is 4.77. The van der Waals surface area contributed by atoms with Crippen molar-refractivity contribution in [3.63, 3.8) is 0 Å². The standard InChI is InChI=1S/C16H23BrClN/c1-12(14-6-4-2-3-5-7-14)19-11-13-8-9-16(18)15(17)10-13/h8-10,12,14,19H,2-7,11H2,1H3/t12-/m0/s1. The van der Waals surface area contributed by atoms with E-state index in [4.69, 9.17) is 11.6 Å². The van der Waals surface area contributed by atoms with Crippen molar-refractivity contribution in [2.45, 2.75) is 58.0 Å². The van der Waals surface area contributed by atoms with Crippen LogP contribution < -0.4 is 5.32 Å². The highest BCUT2D eigenvalue weighted by Crippen LogP contribution is 2.26. The minimum Gasteiger partial charge on any atom is -0.310 e. The molecular formula is C16H23BrClN. The summed E-state index contributed by atoms with van der Waals surface area (Å²) in [4.78, 5) is 0. The van der Waals surface area contributed by atoms with E-state index in [0.717, 1.165) is 22.0 Å². The molecule has 0 amide bonds. The summed E-state index contributed by atoms with van der Waals surface area (Å²) in [5.41, 5.74) is 1.29. The SMILES string of the molecule is C[C@H](NCc1ccc(Cl)c(Br)c1)C1CCCCCC1. The Hall–Kier alpha value is -0.0500. The molecule has 1 aliphatic rings. The molecule has 106 valence electrons. The maximum Gasteiger partial charge on any atom is 0.0548 e. The van der Waals surface area contributed by atoms with Gasteiger partial charge < -0.3 is 5.32 Å². The van der Waals surface area contributed by atoms with Gasteiger partial charge in [0.05, 0.1) is 5.02 Å². The molecule has 0 unspecified atom stereocenters. The van der Waals surface area contributed by atoms with Crippen molar-refractivity contribution in [2.75, 3.05) is 0 Å². The van der Waals surface area contributed by atoms with Crippen LogP contribution in [0, 0.1) is 5.92 Å². The van der Waals surface area contributed by atoms with Gasteiger partial charge in [0.15, 0.2) is 0 Å². The maximum atomic E-state index is 6.02. The summed E-state index contributed by atoms with van der Waals surface area (Å²) in [5, 5.41) is 4.46. The van der Waals surface area contributed by atoms with Crippen molar-refractivity contribution in [1.29, 1.82) is 0 Å². The monoisotopic (exact) mass is 343 g/mol. The number of hydrogen-bond acceptors (Lipinski definition) is 1. The number of halogens is 2. The van der Waals surface area contributed by atoms with Crippen LogP contribution in [0.4, 0.5) is 0 Å². The van der Waals surface area contributed by atoms with Crippen LogP contribution in [0.15, 0.2) is 22.7 Å². The minimum absolute atomic E-state index is 0.604. The van der Waals surface area contributed by atoms with Crippen molar-refractivity contribution >= 4 is 27.5 Å². The molecule has 1 aromatic rings. The number of benzene rings is 1. The highest BCUT2D eigenvalue weighted by molar-refractivity contribution is 9.10. The zero-order chi connectivity index (χ0) is 13.7. The molecule has 1 saturated carbocycles. The zero-order valence-electron chi connectivity index (χ0n) is 11.6. The summed E-state index contributed by atoms with van der Waals surface area (Å²) < 4.78 is 0.982. The molecule has 1 fully saturated rings. The smallest absolute Gasteiger partial charge is 0.0548 e. The number of hydrogen-bond donors (Lipinski definition) is 1. The van der Waals surface area contributed by atoms with E-state index in [2.05, 4.69) is 40.3 Å². The fourth-order valence-electron chi connectivity index (χ4n) is 2.91. The Balaban J connectivity index is 1.84. The summed E-state index contributed by atoms with van der Waals surface area (Å²) in [7, 11) is 0. The Morgan fingerprint density at radius 1 is 1.26 bits per heavy atom. The molecule has 3 heteroatoms. The molecule has 1 atom stereocenters.